The fourth-order valence-corrected chi connectivity index (χ4v) is 2.16. The van der Waals surface area contributed by atoms with E-state index in [-0.39, 0.29) is 17.9 Å². The third kappa shape index (κ3) is 2.93. The molecule has 2 aliphatic rings. The Bertz CT molecular complexity index is 241. The van der Waals surface area contributed by atoms with Crippen molar-refractivity contribution in [3.63, 3.8) is 0 Å². The summed E-state index contributed by atoms with van der Waals surface area (Å²) in [6.07, 6.45) is 0.0161. The Kier molecular flexibility index (Phi) is 4.15. The zero-order valence-corrected chi connectivity index (χ0v) is 9.70. The lowest BCUT2D eigenvalue weighted by Gasteiger charge is -2.24. The highest BCUT2D eigenvalue weighted by Gasteiger charge is 2.29. The molecule has 2 N–H and O–H groups in total. The van der Waals surface area contributed by atoms with E-state index in [1.54, 1.807) is 0 Å². The lowest BCUT2D eigenvalue weighted by atomic mass is 9.97. The number of hydrogen-bond acceptors (Lipinski definition) is 4. The third-order valence-electron chi connectivity index (χ3n) is 3.24. The maximum atomic E-state index is 11.9. The van der Waals surface area contributed by atoms with E-state index in [2.05, 4.69) is 17.6 Å². The lowest BCUT2D eigenvalue weighted by molar-refractivity contribution is -0.128. The minimum Gasteiger partial charge on any atom is -0.376 e. The lowest BCUT2D eigenvalue weighted by Crippen LogP contribution is -2.43. The molecule has 16 heavy (non-hydrogen) atoms. The molecular formula is C11H20N2O3. The molecule has 0 aromatic rings. The summed E-state index contributed by atoms with van der Waals surface area (Å²) in [5.74, 6) is 0.653. The van der Waals surface area contributed by atoms with Crippen LogP contribution in [-0.2, 0) is 14.3 Å². The van der Waals surface area contributed by atoms with Crippen molar-refractivity contribution in [1.82, 2.24) is 10.6 Å². The third-order valence-corrected chi connectivity index (χ3v) is 3.24. The number of hydrogen-bond donors (Lipinski definition) is 2. The number of carbonyl (C=O) groups excluding carboxylic acids is 1. The van der Waals surface area contributed by atoms with E-state index >= 15 is 0 Å². The van der Waals surface area contributed by atoms with Crippen LogP contribution in [0.2, 0.25) is 0 Å². The van der Waals surface area contributed by atoms with Gasteiger partial charge >= 0.3 is 0 Å². The molecule has 0 spiro atoms. The van der Waals surface area contributed by atoms with Gasteiger partial charge < -0.3 is 20.1 Å². The molecule has 0 saturated carbocycles. The van der Waals surface area contributed by atoms with Crippen molar-refractivity contribution in [1.29, 1.82) is 0 Å². The summed E-state index contributed by atoms with van der Waals surface area (Å²) in [5, 5.41) is 6.16. The van der Waals surface area contributed by atoms with Gasteiger partial charge in [0.05, 0.1) is 31.8 Å². The Morgan fingerprint density at radius 2 is 2.31 bits per heavy atom. The van der Waals surface area contributed by atoms with Crippen LogP contribution in [-0.4, -0.2) is 51.5 Å². The standard InChI is InChI=1S/C11H20N2O3/c1-8-4-12-6-10(8)11(14)13-5-9-7-15-2-3-16-9/h8-10,12H,2-7H2,1H3,(H,13,14)/t8-,9?,10-/m1/s1. The summed E-state index contributed by atoms with van der Waals surface area (Å²) in [6.45, 7) is 6.25. The van der Waals surface area contributed by atoms with Gasteiger partial charge in [0.1, 0.15) is 0 Å². The van der Waals surface area contributed by atoms with Crippen LogP contribution in [0.1, 0.15) is 6.92 Å². The fourth-order valence-electron chi connectivity index (χ4n) is 2.16. The number of nitrogens with one attached hydrogen (secondary N) is 2. The number of rotatable bonds is 3. The van der Waals surface area contributed by atoms with E-state index in [1.807, 2.05) is 0 Å². The maximum absolute atomic E-state index is 11.9. The van der Waals surface area contributed by atoms with Crippen molar-refractivity contribution >= 4 is 5.91 Å². The summed E-state index contributed by atoms with van der Waals surface area (Å²) in [7, 11) is 0. The predicted octanol–water partition coefficient (Wildman–Crippen LogP) is -0.626. The summed E-state index contributed by atoms with van der Waals surface area (Å²) in [4.78, 5) is 11.9. The molecule has 0 aromatic carbocycles. The van der Waals surface area contributed by atoms with Crippen LogP contribution in [0.5, 0.6) is 0 Å². The van der Waals surface area contributed by atoms with Gasteiger partial charge in [-0.2, -0.15) is 0 Å². The van der Waals surface area contributed by atoms with Gasteiger partial charge in [-0.1, -0.05) is 6.92 Å². The van der Waals surface area contributed by atoms with Crippen molar-refractivity contribution in [2.45, 2.75) is 13.0 Å². The normalized spacial score (nSPS) is 34.9. The monoisotopic (exact) mass is 228 g/mol. The van der Waals surface area contributed by atoms with Gasteiger partial charge in [0, 0.05) is 13.1 Å². The second-order valence-electron chi connectivity index (χ2n) is 4.55. The van der Waals surface area contributed by atoms with Crippen molar-refractivity contribution in [2.75, 3.05) is 39.5 Å². The molecule has 92 valence electrons. The maximum Gasteiger partial charge on any atom is 0.224 e. The van der Waals surface area contributed by atoms with Crippen LogP contribution in [0.3, 0.4) is 0 Å². The van der Waals surface area contributed by atoms with Crippen molar-refractivity contribution in [3.05, 3.63) is 0 Å². The first kappa shape index (κ1) is 11.8. The molecular weight excluding hydrogens is 208 g/mol. The van der Waals surface area contributed by atoms with Crippen LogP contribution in [0.25, 0.3) is 0 Å². The van der Waals surface area contributed by atoms with Crippen LogP contribution < -0.4 is 10.6 Å². The van der Waals surface area contributed by atoms with Crippen LogP contribution in [0.15, 0.2) is 0 Å². The quantitative estimate of drug-likeness (QED) is 0.675. The van der Waals surface area contributed by atoms with Gasteiger partial charge in [0.15, 0.2) is 0 Å². The van der Waals surface area contributed by atoms with Gasteiger partial charge in [-0.3, -0.25) is 4.79 Å². The van der Waals surface area contributed by atoms with Crippen LogP contribution in [0.4, 0.5) is 0 Å². The molecule has 2 heterocycles. The second kappa shape index (κ2) is 5.61. The number of ether oxygens (including phenoxy) is 2. The molecule has 3 atom stereocenters. The zero-order valence-electron chi connectivity index (χ0n) is 9.70. The molecule has 0 aromatic heterocycles. The largest absolute Gasteiger partial charge is 0.376 e. The van der Waals surface area contributed by atoms with Crippen molar-refractivity contribution < 1.29 is 14.3 Å². The fraction of sp³-hybridized carbons (Fsp3) is 0.909. The van der Waals surface area contributed by atoms with Gasteiger partial charge in [0.25, 0.3) is 0 Å². The van der Waals surface area contributed by atoms with E-state index in [1.165, 1.54) is 0 Å². The Morgan fingerprint density at radius 3 is 2.94 bits per heavy atom. The van der Waals surface area contributed by atoms with Crippen LogP contribution in [0, 0.1) is 11.8 Å². The van der Waals surface area contributed by atoms with Gasteiger partial charge in [0.2, 0.25) is 5.91 Å². The van der Waals surface area contributed by atoms with Crippen LogP contribution >= 0.6 is 0 Å². The highest BCUT2D eigenvalue weighted by Crippen LogP contribution is 2.15. The molecule has 2 fully saturated rings. The summed E-state index contributed by atoms with van der Waals surface area (Å²) < 4.78 is 10.7. The van der Waals surface area contributed by atoms with Gasteiger partial charge in [-0.25, -0.2) is 0 Å². The topological polar surface area (TPSA) is 59.6 Å². The molecule has 2 saturated heterocycles. The molecule has 2 rings (SSSR count). The predicted molar refractivity (Wildman–Crippen MR) is 59.1 cm³/mol. The average molecular weight is 228 g/mol. The second-order valence-corrected chi connectivity index (χ2v) is 4.55. The summed E-state index contributed by atoms with van der Waals surface area (Å²) in [5.41, 5.74) is 0. The van der Waals surface area contributed by atoms with Gasteiger partial charge in [-0.15, -0.1) is 0 Å². The Hall–Kier alpha value is -0.650. The molecule has 0 bridgehead atoms. The SMILES string of the molecule is C[C@@H]1CNC[C@H]1C(=O)NCC1COCCO1. The van der Waals surface area contributed by atoms with Crippen molar-refractivity contribution in [2.24, 2.45) is 11.8 Å². The highest BCUT2D eigenvalue weighted by atomic mass is 16.6. The van der Waals surface area contributed by atoms with Gasteiger partial charge in [-0.05, 0) is 12.5 Å². The Morgan fingerprint density at radius 1 is 1.44 bits per heavy atom. The highest BCUT2D eigenvalue weighted by molar-refractivity contribution is 5.79. The summed E-state index contributed by atoms with van der Waals surface area (Å²) >= 11 is 0. The molecule has 1 unspecified atom stereocenters. The van der Waals surface area contributed by atoms with E-state index in [0.29, 0.717) is 32.3 Å². The smallest absolute Gasteiger partial charge is 0.224 e. The first-order valence-corrected chi connectivity index (χ1v) is 5.95. The molecule has 5 heteroatoms. The molecule has 1 amide bonds. The molecule has 2 aliphatic heterocycles. The van der Waals surface area contributed by atoms with Crippen molar-refractivity contribution in [3.8, 4) is 0 Å². The zero-order chi connectivity index (χ0) is 11.4. The number of carbonyl (C=O) groups is 1. The molecule has 0 radical (unpaired) electrons. The van der Waals surface area contributed by atoms with E-state index in [0.717, 1.165) is 13.1 Å². The first-order chi connectivity index (χ1) is 7.77. The average Bonchev–Trinajstić information content (AvgIpc) is 2.74. The summed E-state index contributed by atoms with van der Waals surface area (Å²) in [6, 6.07) is 0. The van der Waals surface area contributed by atoms with E-state index < -0.39 is 0 Å². The Labute approximate surface area is 95.9 Å². The minimum absolute atomic E-state index is 0.0161. The number of amides is 1. The first-order valence-electron chi connectivity index (χ1n) is 5.95. The molecule has 0 aliphatic carbocycles. The Balaban J connectivity index is 1.70. The van der Waals surface area contributed by atoms with E-state index in [9.17, 15) is 4.79 Å². The van der Waals surface area contributed by atoms with E-state index in [4.69, 9.17) is 9.47 Å². The molecule has 5 nitrogen and oxygen atoms in total. The minimum atomic E-state index is 0.0161.